The second-order valence-electron chi connectivity index (χ2n) is 10.6. The fourth-order valence-corrected chi connectivity index (χ4v) is 4.01. The number of hydrogen-bond acceptors (Lipinski definition) is 5. The van der Waals surface area contributed by atoms with E-state index in [1.54, 1.807) is 39.0 Å². The number of carbonyl (C=O) groups excluding carboxylic acids is 2. The maximum atomic E-state index is 13.8. The molecule has 1 aromatic heterocycles. The minimum atomic E-state index is -0.633. The lowest BCUT2D eigenvalue weighted by atomic mass is 9.76. The minimum Gasteiger partial charge on any atom is -0.488 e. The molecule has 0 bridgehead atoms. The summed E-state index contributed by atoms with van der Waals surface area (Å²) in [6.45, 7) is 11.5. The molecule has 0 saturated carbocycles. The number of benzene rings is 2. The second kappa shape index (κ2) is 7.47. The van der Waals surface area contributed by atoms with Crippen LogP contribution in [0.1, 0.15) is 63.6 Å². The monoisotopic (exact) mass is 434 g/mol. The molecule has 0 radical (unpaired) electrons. The summed E-state index contributed by atoms with van der Waals surface area (Å²) in [4.78, 5) is 30.9. The zero-order valence-electron chi connectivity index (χ0n) is 19.7. The molecule has 4 rings (SSSR count). The fraction of sp³-hybridized carbons (Fsp3) is 0.423. The number of carbonyl (C=O) groups is 2. The zero-order valence-corrected chi connectivity index (χ0v) is 19.7. The number of aryl methyl sites for hydroxylation is 1. The van der Waals surface area contributed by atoms with E-state index in [1.807, 2.05) is 35.9 Å². The molecule has 32 heavy (non-hydrogen) atoms. The summed E-state index contributed by atoms with van der Waals surface area (Å²) >= 11 is 0. The maximum absolute atomic E-state index is 13.8. The van der Waals surface area contributed by atoms with Gasteiger partial charge >= 0.3 is 5.97 Å². The van der Waals surface area contributed by atoms with E-state index >= 15 is 0 Å². The Balaban J connectivity index is 1.78. The number of nitrogens with zero attached hydrogens (tertiary/aromatic N) is 2. The number of aromatic nitrogens is 2. The van der Waals surface area contributed by atoms with Crippen LogP contribution in [0.2, 0.25) is 0 Å². The molecular weight excluding hydrogens is 404 g/mol. The smallest absolute Gasteiger partial charge is 0.316 e. The number of Topliss-reactive ketones (excluding diaryl/α,β-unsaturated/α-hetero) is 1. The third-order valence-corrected chi connectivity index (χ3v) is 5.83. The van der Waals surface area contributed by atoms with Gasteiger partial charge in [-0.2, -0.15) is 0 Å². The summed E-state index contributed by atoms with van der Waals surface area (Å²) in [6, 6.07) is 12.8. The highest BCUT2D eigenvalue weighted by molar-refractivity contribution is 6.05. The van der Waals surface area contributed by atoms with Crippen LogP contribution < -0.4 is 9.47 Å². The maximum Gasteiger partial charge on any atom is 0.316 e. The number of fused-ring (bicyclic) bond motifs is 2. The number of hydrogen-bond donors (Lipinski definition) is 0. The quantitative estimate of drug-likeness (QED) is 0.404. The zero-order chi connectivity index (χ0) is 23.4. The first kappa shape index (κ1) is 22.1. The highest BCUT2D eigenvalue weighted by atomic mass is 16.5. The number of ether oxygens (including phenoxy) is 2. The van der Waals surface area contributed by atoms with Gasteiger partial charge in [-0.1, -0.05) is 32.9 Å². The first-order valence-corrected chi connectivity index (χ1v) is 10.9. The van der Waals surface area contributed by atoms with Crippen molar-refractivity contribution in [3.63, 3.8) is 0 Å². The average molecular weight is 435 g/mol. The molecule has 168 valence electrons. The molecular formula is C26H30N2O4. The SMILES string of the molecule is Cn1c(C2C(=O)c3ccc(OC(=O)C(C)(C)C)cc3OC2C(C)(C)C)nc2ccccc21. The molecule has 0 fully saturated rings. The molecule has 6 nitrogen and oxygen atoms in total. The molecule has 6 heteroatoms. The molecule has 2 unspecified atom stereocenters. The van der Waals surface area contributed by atoms with Gasteiger partial charge in [0, 0.05) is 18.5 Å². The van der Waals surface area contributed by atoms with Gasteiger partial charge in [-0.15, -0.1) is 0 Å². The molecule has 0 amide bonds. The molecule has 0 aliphatic carbocycles. The van der Waals surface area contributed by atoms with E-state index in [9.17, 15) is 9.59 Å². The van der Waals surface area contributed by atoms with Gasteiger partial charge in [0.2, 0.25) is 0 Å². The van der Waals surface area contributed by atoms with Crippen LogP contribution in [0.4, 0.5) is 0 Å². The van der Waals surface area contributed by atoms with E-state index < -0.39 is 17.4 Å². The Morgan fingerprint density at radius 2 is 1.75 bits per heavy atom. The Kier molecular flexibility index (Phi) is 5.15. The largest absolute Gasteiger partial charge is 0.488 e. The van der Waals surface area contributed by atoms with Crippen molar-refractivity contribution in [3.8, 4) is 11.5 Å². The standard InChI is InChI=1S/C26H30N2O4/c1-25(2,3)22-20(23-27-17-10-8-9-11-18(17)28(23)7)21(29)16-13-12-15(14-19(16)32-22)31-24(30)26(4,5)6/h8-14,20,22H,1-7H3. The Morgan fingerprint density at radius 3 is 2.38 bits per heavy atom. The lowest BCUT2D eigenvalue weighted by molar-refractivity contribution is -0.143. The molecule has 2 atom stereocenters. The van der Waals surface area contributed by atoms with Gasteiger partial charge < -0.3 is 14.0 Å². The molecule has 1 aliphatic rings. The van der Waals surface area contributed by atoms with Gasteiger partial charge in [-0.05, 0) is 45.0 Å². The second-order valence-corrected chi connectivity index (χ2v) is 10.6. The highest BCUT2D eigenvalue weighted by Crippen LogP contribution is 2.44. The van der Waals surface area contributed by atoms with Crippen LogP contribution in [-0.4, -0.2) is 27.4 Å². The summed E-state index contributed by atoms with van der Waals surface area (Å²) in [5.74, 6) is 0.546. The van der Waals surface area contributed by atoms with Crippen molar-refractivity contribution in [1.29, 1.82) is 0 Å². The van der Waals surface area contributed by atoms with Crippen molar-refractivity contribution in [3.05, 3.63) is 53.9 Å². The molecule has 0 N–H and O–H groups in total. The van der Waals surface area contributed by atoms with E-state index in [0.29, 0.717) is 22.9 Å². The van der Waals surface area contributed by atoms with Gasteiger partial charge in [-0.25, -0.2) is 4.98 Å². The molecule has 0 saturated heterocycles. The lowest BCUT2D eigenvalue weighted by Gasteiger charge is -2.39. The predicted octanol–water partition coefficient (Wildman–Crippen LogP) is 5.30. The van der Waals surface area contributed by atoms with Crippen LogP contribution in [0.15, 0.2) is 42.5 Å². The van der Waals surface area contributed by atoms with Crippen LogP contribution >= 0.6 is 0 Å². The van der Waals surface area contributed by atoms with Gasteiger partial charge in [0.15, 0.2) is 5.78 Å². The summed E-state index contributed by atoms with van der Waals surface area (Å²) in [5.41, 5.74) is 1.32. The van der Waals surface area contributed by atoms with Gasteiger partial charge in [0.05, 0.1) is 22.0 Å². The summed E-state index contributed by atoms with van der Waals surface area (Å²) < 4.78 is 13.9. The van der Waals surface area contributed by atoms with Crippen LogP contribution in [0.25, 0.3) is 11.0 Å². The summed E-state index contributed by atoms with van der Waals surface area (Å²) in [6.07, 6.45) is -0.438. The van der Waals surface area contributed by atoms with E-state index in [4.69, 9.17) is 14.5 Å². The molecule has 2 heterocycles. The highest BCUT2D eigenvalue weighted by Gasteiger charge is 2.46. The third-order valence-electron chi connectivity index (χ3n) is 5.83. The Labute approximate surface area is 188 Å². The number of para-hydroxylation sites is 2. The van der Waals surface area contributed by atoms with Crippen molar-refractivity contribution in [2.45, 2.75) is 53.6 Å². The van der Waals surface area contributed by atoms with Gasteiger partial charge in [0.1, 0.15) is 29.3 Å². The Hall–Kier alpha value is -3.15. The number of imidazole rings is 1. The van der Waals surface area contributed by atoms with E-state index in [1.165, 1.54) is 0 Å². The molecule has 3 aromatic rings. The number of esters is 1. The number of ketones is 1. The summed E-state index contributed by atoms with van der Waals surface area (Å²) in [7, 11) is 1.93. The average Bonchev–Trinajstić information content (AvgIpc) is 3.03. The van der Waals surface area contributed by atoms with Crippen molar-refractivity contribution in [2.75, 3.05) is 0 Å². The normalized spacial score (nSPS) is 18.9. The van der Waals surface area contributed by atoms with E-state index in [0.717, 1.165) is 11.0 Å². The summed E-state index contributed by atoms with van der Waals surface area (Å²) in [5, 5.41) is 0. The van der Waals surface area contributed by atoms with Crippen molar-refractivity contribution < 1.29 is 19.1 Å². The van der Waals surface area contributed by atoms with Crippen LogP contribution in [0, 0.1) is 10.8 Å². The van der Waals surface area contributed by atoms with E-state index in [2.05, 4.69) is 20.8 Å². The minimum absolute atomic E-state index is 0.0433. The van der Waals surface area contributed by atoms with Crippen molar-refractivity contribution in [1.82, 2.24) is 9.55 Å². The number of rotatable bonds is 2. The molecule has 0 spiro atoms. The Bertz CT molecular complexity index is 1210. The van der Waals surface area contributed by atoms with Crippen LogP contribution in [0.5, 0.6) is 11.5 Å². The lowest BCUT2D eigenvalue weighted by Crippen LogP contribution is -2.45. The Morgan fingerprint density at radius 1 is 1.06 bits per heavy atom. The molecule has 2 aromatic carbocycles. The fourth-order valence-electron chi connectivity index (χ4n) is 4.01. The first-order chi connectivity index (χ1) is 14.9. The molecule has 1 aliphatic heterocycles. The van der Waals surface area contributed by atoms with Gasteiger partial charge in [-0.3, -0.25) is 9.59 Å². The predicted molar refractivity (Wildman–Crippen MR) is 123 cm³/mol. The van der Waals surface area contributed by atoms with Crippen LogP contribution in [0.3, 0.4) is 0 Å². The topological polar surface area (TPSA) is 70.4 Å². The van der Waals surface area contributed by atoms with Crippen molar-refractivity contribution >= 4 is 22.8 Å². The van der Waals surface area contributed by atoms with E-state index in [-0.39, 0.29) is 17.2 Å². The van der Waals surface area contributed by atoms with Crippen molar-refractivity contribution in [2.24, 2.45) is 17.9 Å². The third kappa shape index (κ3) is 3.78. The first-order valence-electron chi connectivity index (χ1n) is 10.9. The van der Waals surface area contributed by atoms with Crippen LogP contribution in [-0.2, 0) is 11.8 Å². The van der Waals surface area contributed by atoms with Gasteiger partial charge in [0.25, 0.3) is 0 Å².